The van der Waals surface area contributed by atoms with E-state index in [4.69, 9.17) is 4.74 Å². The molecule has 0 spiro atoms. The van der Waals surface area contributed by atoms with Crippen LogP contribution in [-0.2, 0) is 10.3 Å². The van der Waals surface area contributed by atoms with Crippen molar-refractivity contribution in [2.75, 3.05) is 31.6 Å². The van der Waals surface area contributed by atoms with Crippen molar-refractivity contribution in [3.05, 3.63) is 65.4 Å². The molecule has 2 unspecified atom stereocenters. The number of likely N-dealkylation sites (tertiary alicyclic amines) is 1. The molecule has 0 amide bonds. The van der Waals surface area contributed by atoms with Gasteiger partial charge in [0.25, 0.3) is 6.43 Å². The Morgan fingerprint density at radius 1 is 1.14 bits per heavy atom. The number of hydrogen-bond acceptors (Lipinski definition) is 7. The van der Waals surface area contributed by atoms with E-state index in [9.17, 15) is 23.4 Å². The molecule has 2 saturated heterocycles. The number of pyridine rings is 2. The zero-order chi connectivity index (χ0) is 25.4. The monoisotopic (exact) mass is 502 g/mol. The van der Waals surface area contributed by atoms with Crippen LogP contribution in [0.1, 0.15) is 49.1 Å². The van der Waals surface area contributed by atoms with E-state index in [1.807, 2.05) is 0 Å². The van der Waals surface area contributed by atoms with Gasteiger partial charge in [-0.15, -0.1) is 0 Å². The predicted molar refractivity (Wildman–Crippen MR) is 128 cm³/mol. The summed E-state index contributed by atoms with van der Waals surface area (Å²) in [5.74, 6) is -0.924. The second-order valence-electron chi connectivity index (χ2n) is 9.60. The van der Waals surface area contributed by atoms with Crippen molar-refractivity contribution in [3.8, 4) is 0 Å². The standard InChI is InChI=1S/C26H29F3N4O3/c1-15(16-3-2-4-17(24(16)27)25(28)29)32-19-5-8-30-20-12-31-23(11-18(19)20)26(35)6-9-33(10-7-26)21-13-36-14-22(21)34/h2-5,8,11-12,15,21-22,25,34-35H,6-7,9-10,13-14H2,1H3,(H,30,32)/t15-,21?,22?/m1/s1. The zero-order valence-electron chi connectivity index (χ0n) is 19.9. The molecule has 5 rings (SSSR count). The van der Waals surface area contributed by atoms with Gasteiger partial charge in [0.2, 0.25) is 0 Å². The molecule has 1 aromatic carbocycles. The van der Waals surface area contributed by atoms with Gasteiger partial charge in [0, 0.05) is 35.9 Å². The first kappa shape index (κ1) is 24.9. The number of fused-ring (bicyclic) bond motifs is 1. The largest absolute Gasteiger partial charge is 0.389 e. The van der Waals surface area contributed by atoms with E-state index < -0.39 is 35.6 Å². The molecule has 0 aliphatic carbocycles. The summed E-state index contributed by atoms with van der Waals surface area (Å²) < 4.78 is 46.4. The molecule has 2 aliphatic rings. The van der Waals surface area contributed by atoms with Crippen LogP contribution in [0.5, 0.6) is 0 Å². The highest BCUT2D eigenvalue weighted by atomic mass is 19.3. The Hall–Kier alpha value is -2.79. The Bertz CT molecular complexity index is 1240. The SMILES string of the molecule is C[C@@H](Nc1ccnc2cnc(C3(O)CCN(C4COCC4O)CC3)cc12)c1cccc(C(F)F)c1F. The summed E-state index contributed by atoms with van der Waals surface area (Å²) in [6.07, 6.45) is 0.649. The van der Waals surface area contributed by atoms with E-state index in [-0.39, 0.29) is 11.6 Å². The maximum atomic E-state index is 14.7. The van der Waals surface area contributed by atoms with Crippen LogP contribution in [0.25, 0.3) is 10.9 Å². The molecule has 3 aromatic rings. The summed E-state index contributed by atoms with van der Waals surface area (Å²) in [7, 11) is 0. The minimum absolute atomic E-state index is 0.0652. The third kappa shape index (κ3) is 4.66. The molecule has 0 radical (unpaired) electrons. The Balaban J connectivity index is 1.39. The quantitative estimate of drug-likeness (QED) is 0.471. The first-order valence-electron chi connectivity index (χ1n) is 12.1. The number of alkyl halides is 2. The van der Waals surface area contributed by atoms with Gasteiger partial charge in [0.1, 0.15) is 11.4 Å². The predicted octanol–water partition coefficient (Wildman–Crippen LogP) is 3.92. The number of piperidine rings is 1. The van der Waals surface area contributed by atoms with Crippen molar-refractivity contribution in [1.29, 1.82) is 0 Å². The van der Waals surface area contributed by atoms with Crippen LogP contribution in [0.15, 0.2) is 42.7 Å². The van der Waals surface area contributed by atoms with Crippen LogP contribution in [0.2, 0.25) is 0 Å². The second-order valence-corrected chi connectivity index (χ2v) is 9.60. The second kappa shape index (κ2) is 9.93. The Morgan fingerprint density at radius 2 is 1.89 bits per heavy atom. The van der Waals surface area contributed by atoms with E-state index >= 15 is 0 Å². The molecule has 0 bridgehead atoms. The summed E-state index contributed by atoms with van der Waals surface area (Å²) >= 11 is 0. The summed E-state index contributed by atoms with van der Waals surface area (Å²) in [5, 5.41) is 25.5. The van der Waals surface area contributed by atoms with Crippen LogP contribution in [0.3, 0.4) is 0 Å². The average Bonchev–Trinajstić information content (AvgIpc) is 3.30. The number of anilines is 1. The lowest BCUT2D eigenvalue weighted by Crippen LogP contribution is -2.50. The molecular formula is C26H29F3N4O3. The topological polar surface area (TPSA) is 90.7 Å². The van der Waals surface area contributed by atoms with Crippen LogP contribution in [0, 0.1) is 5.82 Å². The number of benzene rings is 1. The van der Waals surface area contributed by atoms with E-state index in [0.29, 0.717) is 61.4 Å². The first-order valence-corrected chi connectivity index (χ1v) is 12.1. The van der Waals surface area contributed by atoms with E-state index in [1.165, 1.54) is 12.1 Å². The normalized spacial score (nSPS) is 23.3. The average molecular weight is 503 g/mol. The Morgan fingerprint density at radius 3 is 2.58 bits per heavy atom. The number of rotatable bonds is 6. The number of halogens is 3. The minimum Gasteiger partial charge on any atom is -0.389 e. The third-order valence-corrected chi connectivity index (χ3v) is 7.35. The highest BCUT2D eigenvalue weighted by Gasteiger charge is 2.40. The molecule has 0 saturated carbocycles. The molecule has 7 nitrogen and oxygen atoms in total. The lowest BCUT2D eigenvalue weighted by Gasteiger charge is -2.40. The highest BCUT2D eigenvalue weighted by molar-refractivity contribution is 5.91. The van der Waals surface area contributed by atoms with Gasteiger partial charge in [-0.2, -0.15) is 0 Å². The molecular weight excluding hydrogens is 473 g/mol. The molecule has 36 heavy (non-hydrogen) atoms. The number of hydrogen-bond donors (Lipinski definition) is 3. The van der Waals surface area contributed by atoms with Gasteiger partial charge in [-0.05, 0) is 31.9 Å². The first-order chi connectivity index (χ1) is 17.3. The van der Waals surface area contributed by atoms with Crippen molar-refractivity contribution < 1.29 is 28.1 Å². The van der Waals surface area contributed by atoms with E-state index in [1.54, 1.807) is 31.5 Å². The summed E-state index contributed by atoms with van der Waals surface area (Å²) in [5.41, 5.74) is 0.0854. The van der Waals surface area contributed by atoms with Gasteiger partial charge in [0.05, 0.1) is 54.4 Å². The van der Waals surface area contributed by atoms with Crippen molar-refractivity contribution >= 4 is 16.6 Å². The lowest BCUT2D eigenvalue weighted by atomic mass is 9.86. The number of nitrogens with zero attached hydrogens (tertiary/aromatic N) is 3. The van der Waals surface area contributed by atoms with Gasteiger partial charge < -0.3 is 20.3 Å². The molecule has 192 valence electrons. The van der Waals surface area contributed by atoms with E-state index in [0.717, 1.165) is 6.07 Å². The van der Waals surface area contributed by atoms with Crippen LogP contribution in [-0.4, -0.2) is 63.5 Å². The molecule has 2 aliphatic heterocycles. The van der Waals surface area contributed by atoms with E-state index in [2.05, 4.69) is 20.2 Å². The van der Waals surface area contributed by atoms with Crippen molar-refractivity contribution in [2.24, 2.45) is 0 Å². The number of aliphatic hydroxyl groups is 2. The smallest absolute Gasteiger partial charge is 0.266 e. The third-order valence-electron chi connectivity index (χ3n) is 7.35. The lowest BCUT2D eigenvalue weighted by molar-refractivity contribution is -0.0483. The summed E-state index contributed by atoms with van der Waals surface area (Å²) in [6.45, 7) is 3.70. The van der Waals surface area contributed by atoms with Crippen molar-refractivity contribution in [2.45, 2.75) is 50.0 Å². The summed E-state index contributed by atoms with van der Waals surface area (Å²) in [6, 6.07) is 6.84. The molecule has 4 heterocycles. The van der Waals surface area contributed by atoms with Gasteiger partial charge in [-0.25, -0.2) is 13.2 Å². The maximum absolute atomic E-state index is 14.7. The minimum atomic E-state index is -2.90. The van der Waals surface area contributed by atoms with Crippen molar-refractivity contribution in [3.63, 3.8) is 0 Å². The molecule has 2 aromatic heterocycles. The molecule has 3 atom stereocenters. The Kier molecular flexibility index (Phi) is 6.86. The number of aromatic nitrogens is 2. The Labute approximate surface area is 206 Å². The highest BCUT2D eigenvalue weighted by Crippen LogP contribution is 2.36. The van der Waals surface area contributed by atoms with Crippen LogP contribution >= 0.6 is 0 Å². The molecule has 10 heteroatoms. The zero-order valence-corrected chi connectivity index (χ0v) is 19.9. The molecule has 3 N–H and O–H groups in total. The fraction of sp³-hybridized carbons (Fsp3) is 0.462. The number of nitrogens with one attached hydrogen (secondary N) is 1. The fourth-order valence-electron chi connectivity index (χ4n) is 5.17. The van der Waals surface area contributed by atoms with Gasteiger partial charge in [-0.1, -0.05) is 18.2 Å². The van der Waals surface area contributed by atoms with Gasteiger partial charge >= 0.3 is 0 Å². The van der Waals surface area contributed by atoms with Gasteiger partial charge in [-0.3, -0.25) is 14.9 Å². The van der Waals surface area contributed by atoms with Gasteiger partial charge in [0.15, 0.2) is 0 Å². The van der Waals surface area contributed by atoms with Crippen LogP contribution in [0.4, 0.5) is 18.9 Å². The number of ether oxygens (including phenoxy) is 1. The van der Waals surface area contributed by atoms with Crippen molar-refractivity contribution in [1.82, 2.24) is 14.9 Å². The fourth-order valence-corrected chi connectivity index (χ4v) is 5.17. The number of aliphatic hydroxyl groups excluding tert-OH is 1. The maximum Gasteiger partial charge on any atom is 0.266 e. The summed E-state index contributed by atoms with van der Waals surface area (Å²) in [4.78, 5) is 11.0. The molecule has 2 fully saturated rings. The van der Waals surface area contributed by atoms with Crippen LogP contribution < -0.4 is 5.32 Å².